The Morgan fingerprint density at radius 1 is 1.25 bits per heavy atom. The lowest BCUT2D eigenvalue weighted by Crippen LogP contribution is -2.15. The van der Waals surface area contributed by atoms with Gasteiger partial charge >= 0.3 is 0 Å². The molecule has 6 heteroatoms. The summed E-state index contributed by atoms with van der Waals surface area (Å²) in [5.74, 6) is 0.00455. The van der Waals surface area contributed by atoms with E-state index in [9.17, 15) is 8.42 Å². The van der Waals surface area contributed by atoms with Gasteiger partial charge in [-0.05, 0) is 6.92 Å². The van der Waals surface area contributed by atoms with E-state index in [1.54, 1.807) is 6.92 Å². The molecule has 0 radical (unpaired) electrons. The molecule has 0 saturated carbocycles. The molecular formula is C10H11N3O2S. The molecule has 84 valence electrons. The van der Waals surface area contributed by atoms with Gasteiger partial charge < -0.3 is 0 Å². The topological polar surface area (TPSA) is 64.8 Å². The van der Waals surface area contributed by atoms with E-state index in [4.69, 9.17) is 0 Å². The average molecular weight is 237 g/mol. The minimum atomic E-state index is -3.34. The highest BCUT2D eigenvalue weighted by molar-refractivity contribution is 7.89. The van der Waals surface area contributed by atoms with Crippen LogP contribution in [0.3, 0.4) is 0 Å². The van der Waals surface area contributed by atoms with Crippen molar-refractivity contribution in [2.75, 3.05) is 5.75 Å². The fraction of sp³-hybridized carbons (Fsp3) is 0.200. The van der Waals surface area contributed by atoms with Crippen LogP contribution in [0, 0.1) is 0 Å². The van der Waals surface area contributed by atoms with Crippen LogP contribution in [0.4, 0.5) is 0 Å². The first-order valence-electron chi connectivity index (χ1n) is 4.84. The van der Waals surface area contributed by atoms with Gasteiger partial charge in [-0.25, -0.2) is 8.42 Å². The first kappa shape index (κ1) is 10.8. The van der Waals surface area contributed by atoms with Crippen LogP contribution in [0.25, 0.3) is 11.3 Å². The molecule has 1 aromatic carbocycles. The minimum absolute atomic E-state index is 0.00455. The Bertz CT molecular complexity index is 575. The second-order valence-corrected chi connectivity index (χ2v) is 5.36. The number of hydrogen-bond donors (Lipinski definition) is 0. The molecule has 0 aliphatic carbocycles. The van der Waals surface area contributed by atoms with Crippen molar-refractivity contribution in [2.45, 2.75) is 6.92 Å². The first-order valence-corrected chi connectivity index (χ1v) is 6.45. The second kappa shape index (κ2) is 4.05. The predicted octanol–water partition coefficient (Wildman–Crippen LogP) is 1.14. The molecule has 5 nitrogen and oxygen atoms in total. The third-order valence-electron chi connectivity index (χ3n) is 2.19. The van der Waals surface area contributed by atoms with Gasteiger partial charge in [-0.2, -0.15) is 0 Å². The Kier molecular flexibility index (Phi) is 2.74. The Hall–Kier alpha value is -1.69. The fourth-order valence-electron chi connectivity index (χ4n) is 1.26. The fourth-order valence-corrected chi connectivity index (χ4v) is 1.93. The third-order valence-corrected chi connectivity index (χ3v) is 3.67. The van der Waals surface area contributed by atoms with Gasteiger partial charge in [0.25, 0.3) is 10.0 Å². The van der Waals surface area contributed by atoms with Gasteiger partial charge in [0.05, 0.1) is 11.9 Å². The zero-order valence-corrected chi connectivity index (χ0v) is 9.55. The molecule has 2 rings (SSSR count). The maximum absolute atomic E-state index is 11.5. The molecule has 1 aromatic heterocycles. The summed E-state index contributed by atoms with van der Waals surface area (Å²) in [4.78, 5) is 0. The van der Waals surface area contributed by atoms with E-state index < -0.39 is 10.0 Å². The molecule has 1 heterocycles. The molecule has 0 aliphatic rings. The van der Waals surface area contributed by atoms with E-state index >= 15 is 0 Å². The summed E-state index contributed by atoms with van der Waals surface area (Å²) in [7, 11) is -3.34. The van der Waals surface area contributed by atoms with E-state index in [0.29, 0.717) is 5.69 Å². The molecule has 0 aliphatic heterocycles. The van der Waals surface area contributed by atoms with Crippen LogP contribution in [-0.2, 0) is 10.0 Å². The predicted molar refractivity (Wildman–Crippen MR) is 60.3 cm³/mol. The summed E-state index contributed by atoms with van der Waals surface area (Å²) in [6.07, 6.45) is 1.42. The molecule has 0 bridgehead atoms. The molecule has 0 atom stereocenters. The zero-order valence-electron chi connectivity index (χ0n) is 8.74. The van der Waals surface area contributed by atoms with Crippen molar-refractivity contribution >= 4 is 10.0 Å². The highest BCUT2D eigenvalue weighted by Crippen LogP contribution is 2.15. The van der Waals surface area contributed by atoms with Gasteiger partial charge in [-0.15, -0.1) is 9.19 Å². The van der Waals surface area contributed by atoms with Crippen LogP contribution >= 0.6 is 0 Å². The van der Waals surface area contributed by atoms with Crippen LogP contribution in [-0.4, -0.2) is 28.6 Å². The van der Waals surface area contributed by atoms with Crippen molar-refractivity contribution in [1.29, 1.82) is 0 Å². The lowest BCUT2D eigenvalue weighted by atomic mass is 10.2. The SMILES string of the molecule is CCS(=O)(=O)n1cc(-c2ccccc2)nn1. The Labute approximate surface area is 93.8 Å². The summed E-state index contributed by atoms with van der Waals surface area (Å²) >= 11 is 0. The van der Waals surface area contributed by atoms with E-state index in [2.05, 4.69) is 10.3 Å². The van der Waals surface area contributed by atoms with Crippen molar-refractivity contribution < 1.29 is 8.42 Å². The van der Waals surface area contributed by atoms with Crippen molar-refractivity contribution in [1.82, 2.24) is 14.4 Å². The van der Waals surface area contributed by atoms with Gasteiger partial charge in [0.1, 0.15) is 5.69 Å². The van der Waals surface area contributed by atoms with E-state index in [1.165, 1.54) is 6.20 Å². The third kappa shape index (κ3) is 1.96. The van der Waals surface area contributed by atoms with E-state index in [0.717, 1.165) is 9.65 Å². The van der Waals surface area contributed by atoms with Gasteiger partial charge in [-0.1, -0.05) is 35.5 Å². The molecule has 0 spiro atoms. The van der Waals surface area contributed by atoms with Crippen LogP contribution in [0.1, 0.15) is 6.92 Å². The molecule has 0 amide bonds. The van der Waals surface area contributed by atoms with Gasteiger partial charge in [0.2, 0.25) is 0 Å². The second-order valence-electron chi connectivity index (χ2n) is 3.24. The zero-order chi connectivity index (χ0) is 11.6. The van der Waals surface area contributed by atoms with Gasteiger partial charge in [0.15, 0.2) is 0 Å². The first-order chi connectivity index (χ1) is 7.63. The molecule has 0 saturated heterocycles. The Morgan fingerprint density at radius 2 is 1.94 bits per heavy atom. The monoisotopic (exact) mass is 237 g/mol. The largest absolute Gasteiger partial charge is 0.254 e. The number of benzene rings is 1. The van der Waals surface area contributed by atoms with E-state index in [1.807, 2.05) is 30.3 Å². The molecule has 2 aromatic rings. The normalized spacial score (nSPS) is 11.6. The summed E-state index contributed by atoms with van der Waals surface area (Å²) in [5.41, 5.74) is 1.40. The molecule has 0 unspecified atom stereocenters. The highest BCUT2D eigenvalue weighted by atomic mass is 32.2. The molecule has 0 N–H and O–H groups in total. The average Bonchev–Trinajstić information content (AvgIpc) is 2.80. The van der Waals surface area contributed by atoms with Crippen LogP contribution in [0.15, 0.2) is 36.5 Å². The molecule has 16 heavy (non-hydrogen) atoms. The number of nitrogens with zero attached hydrogens (tertiary/aromatic N) is 3. The minimum Gasteiger partial charge on any atom is -0.205 e. The summed E-state index contributed by atoms with van der Waals surface area (Å²) in [6, 6.07) is 9.32. The van der Waals surface area contributed by atoms with Crippen LogP contribution in [0.2, 0.25) is 0 Å². The van der Waals surface area contributed by atoms with Crippen molar-refractivity contribution in [3.05, 3.63) is 36.5 Å². The highest BCUT2D eigenvalue weighted by Gasteiger charge is 2.13. The smallest absolute Gasteiger partial charge is 0.205 e. The molecule has 0 fully saturated rings. The number of hydrogen-bond acceptors (Lipinski definition) is 4. The van der Waals surface area contributed by atoms with Crippen molar-refractivity contribution in [2.24, 2.45) is 0 Å². The van der Waals surface area contributed by atoms with Gasteiger partial charge in [0, 0.05) is 5.56 Å². The maximum Gasteiger partial charge on any atom is 0.254 e. The number of rotatable bonds is 3. The van der Waals surface area contributed by atoms with Crippen molar-refractivity contribution in [3.8, 4) is 11.3 Å². The summed E-state index contributed by atoms with van der Waals surface area (Å²) in [6.45, 7) is 1.57. The van der Waals surface area contributed by atoms with Crippen LogP contribution in [0.5, 0.6) is 0 Å². The quantitative estimate of drug-likeness (QED) is 0.803. The molecular weight excluding hydrogens is 226 g/mol. The van der Waals surface area contributed by atoms with Crippen LogP contribution < -0.4 is 0 Å². The lowest BCUT2D eigenvalue weighted by Gasteiger charge is -1.97. The Morgan fingerprint density at radius 3 is 2.56 bits per heavy atom. The van der Waals surface area contributed by atoms with Gasteiger partial charge in [-0.3, -0.25) is 0 Å². The van der Waals surface area contributed by atoms with Crippen molar-refractivity contribution in [3.63, 3.8) is 0 Å². The lowest BCUT2D eigenvalue weighted by molar-refractivity contribution is 0.578. The Balaban J connectivity index is 2.42. The standard InChI is InChI=1S/C10H11N3O2S/c1-2-16(14,15)13-8-10(11-12-13)9-6-4-3-5-7-9/h3-8H,2H2,1H3. The summed E-state index contributed by atoms with van der Waals surface area (Å²) in [5, 5.41) is 7.45. The maximum atomic E-state index is 11.5. The number of aromatic nitrogens is 3. The van der Waals surface area contributed by atoms with E-state index in [-0.39, 0.29) is 5.75 Å². The summed E-state index contributed by atoms with van der Waals surface area (Å²) < 4.78 is 23.9.